The maximum atomic E-state index is 13.2. The maximum Gasteiger partial charge on any atom is 0.377 e. The van der Waals surface area contributed by atoms with Gasteiger partial charge in [-0.1, -0.05) is 12.1 Å². The van der Waals surface area contributed by atoms with Crippen molar-refractivity contribution in [1.29, 1.82) is 0 Å². The molecule has 11 nitrogen and oxygen atoms in total. The van der Waals surface area contributed by atoms with Crippen LogP contribution in [-0.2, 0) is 9.53 Å². The van der Waals surface area contributed by atoms with Gasteiger partial charge in [0.05, 0.1) is 23.5 Å². The van der Waals surface area contributed by atoms with Crippen LogP contribution in [0.4, 0.5) is 17.1 Å². The SMILES string of the molecule is CCOC(=O)C1=NN(c2ccc([NH+]([O-])O)cc2)[C@H]2N(C)c3ccccc3C(=O)N(C)N12. The number of hydrogen-bond donors (Lipinski definition) is 2. The van der Waals surface area contributed by atoms with Crippen molar-refractivity contribution in [2.24, 2.45) is 5.10 Å². The molecule has 2 aromatic rings. The number of anilines is 2. The molecule has 0 spiro atoms. The molecule has 0 aromatic heterocycles. The van der Waals surface area contributed by atoms with Crippen molar-refractivity contribution in [2.45, 2.75) is 13.2 Å². The molecule has 31 heavy (non-hydrogen) atoms. The van der Waals surface area contributed by atoms with Crippen molar-refractivity contribution in [3.8, 4) is 0 Å². The summed E-state index contributed by atoms with van der Waals surface area (Å²) in [4.78, 5) is 27.7. The summed E-state index contributed by atoms with van der Waals surface area (Å²) in [6.45, 7) is 1.84. The van der Waals surface area contributed by atoms with Gasteiger partial charge in [0.25, 0.3) is 11.7 Å². The minimum atomic E-state index is -1.05. The molecule has 1 unspecified atom stereocenters. The predicted molar refractivity (Wildman–Crippen MR) is 111 cm³/mol. The summed E-state index contributed by atoms with van der Waals surface area (Å²) in [5, 5.41) is 28.2. The number of fused-ring (bicyclic) bond motifs is 2. The normalized spacial score (nSPS) is 18.9. The Kier molecular flexibility index (Phi) is 5.23. The van der Waals surface area contributed by atoms with E-state index in [1.54, 1.807) is 50.3 Å². The van der Waals surface area contributed by atoms with Crippen LogP contribution in [0.15, 0.2) is 53.6 Å². The van der Waals surface area contributed by atoms with Crippen molar-refractivity contribution in [3.05, 3.63) is 59.3 Å². The van der Waals surface area contributed by atoms with E-state index in [0.29, 0.717) is 16.9 Å². The highest BCUT2D eigenvalue weighted by Crippen LogP contribution is 2.35. The molecule has 162 valence electrons. The summed E-state index contributed by atoms with van der Waals surface area (Å²) in [7, 11) is 3.36. The van der Waals surface area contributed by atoms with E-state index in [2.05, 4.69) is 5.10 Å². The fourth-order valence-corrected chi connectivity index (χ4v) is 3.67. The molecule has 0 fully saturated rings. The molecule has 0 radical (unpaired) electrons. The highest BCUT2D eigenvalue weighted by molar-refractivity contribution is 6.36. The van der Waals surface area contributed by atoms with E-state index in [4.69, 9.17) is 4.74 Å². The number of benzene rings is 2. The standard InChI is InChI=1S/C20H22N6O5/c1-4-31-19(28)17-21-24(13-9-11-14(12-10-13)26(29)30)20-22(2)16-8-6-5-7-15(16)18(27)23(3)25(17)20/h5-12,20,26,29H,4H2,1-3H3/t20-/m1/s1. The van der Waals surface area contributed by atoms with Crippen molar-refractivity contribution in [1.82, 2.24) is 10.0 Å². The number of hydrazone groups is 1. The van der Waals surface area contributed by atoms with Gasteiger partial charge in [-0.05, 0) is 31.2 Å². The largest absolute Gasteiger partial charge is 0.595 e. The fraction of sp³-hybridized carbons (Fsp3) is 0.250. The first-order valence-electron chi connectivity index (χ1n) is 9.62. The molecule has 0 aliphatic carbocycles. The van der Waals surface area contributed by atoms with Gasteiger partial charge in [-0.25, -0.2) is 25.0 Å². The second-order valence-corrected chi connectivity index (χ2v) is 6.99. The Labute approximate surface area is 178 Å². The molecule has 0 saturated heterocycles. The minimum Gasteiger partial charge on any atom is -0.595 e. The van der Waals surface area contributed by atoms with Crippen LogP contribution in [0.5, 0.6) is 0 Å². The van der Waals surface area contributed by atoms with Crippen LogP contribution in [0.1, 0.15) is 17.3 Å². The lowest BCUT2D eigenvalue weighted by Crippen LogP contribution is -2.99. The monoisotopic (exact) mass is 426 g/mol. The van der Waals surface area contributed by atoms with Gasteiger partial charge < -0.3 is 14.8 Å². The Hall–Kier alpha value is -3.67. The minimum absolute atomic E-state index is 0.0512. The molecule has 0 saturated carbocycles. The van der Waals surface area contributed by atoms with E-state index in [1.807, 2.05) is 17.0 Å². The number of ether oxygens (including phenoxy) is 1. The number of esters is 1. The molecular formula is C20H22N6O5. The Morgan fingerprint density at radius 2 is 1.87 bits per heavy atom. The van der Waals surface area contributed by atoms with Crippen molar-refractivity contribution in [2.75, 3.05) is 30.6 Å². The summed E-state index contributed by atoms with van der Waals surface area (Å²) in [5.74, 6) is -1.02. The van der Waals surface area contributed by atoms with Gasteiger partial charge in [-0.2, -0.15) is 5.23 Å². The molecule has 2 aliphatic rings. The summed E-state index contributed by atoms with van der Waals surface area (Å²) in [6, 6.07) is 13.3. The number of rotatable bonds is 4. The Morgan fingerprint density at radius 1 is 1.19 bits per heavy atom. The van der Waals surface area contributed by atoms with Crippen LogP contribution in [0.2, 0.25) is 0 Å². The molecule has 11 heteroatoms. The molecule has 0 bridgehead atoms. The molecule has 4 rings (SSSR count). The van der Waals surface area contributed by atoms with Gasteiger partial charge in [0.1, 0.15) is 0 Å². The number of para-hydroxylation sites is 1. The Bertz CT molecular complexity index is 1040. The smallest absolute Gasteiger partial charge is 0.377 e. The third-order valence-electron chi connectivity index (χ3n) is 5.17. The molecular weight excluding hydrogens is 404 g/mol. The molecule has 2 aliphatic heterocycles. The van der Waals surface area contributed by atoms with E-state index < -0.39 is 17.5 Å². The second kappa shape index (κ2) is 7.87. The Balaban J connectivity index is 1.85. The number of amides is 1. The summed E-state index contributed by atoms with van der Waals surface area (Å²) < 4.78 is 5.17. The highest BCUT2D eigenvalue weighted by atomic mass is 16.8. The van der Waals surface area contributed by atoms with Crippen molar-refractivity contribution < 1.29 is 24.8 Å². The van der Waals surface area contributed by atoms with Crippen LogP contribution >= 0.6 is 0 Å². The number of carbonyl (C=O) groups is 2. The quantitative estimate of drug-likeness (QED) is 0.537. The average molecular weight is 426 g/mol. The summed E-state index contributed by atoms with van der Waals surface area (Å²) >= 11 is 0. The number of quaternary nitrogens is 1. The van der Waals surface area contributed by atoms with Crippen LogP contribution in [-0.4, -0.2) is 59.9 Å². The number of hydrogen-bond acceptors (Lipinski definition) is 9. The van der Waals surface area contributed by atoms with E-state index in [-0.39, 0.29) is 24.0 Å². The molecule has 2 atom stereocenters. The zero-order valence-electron chi connectivity index (χ0n) is 17.2. The highest BCUT2D eigenvalue weighted by Gasteiger charge is 2.48. The van der Waals surface area contributed by atoms with E-state index in [1.165, 1.54) is 22.2 Å². The van der Waals surface area contributed by atoms with Gasteiger partial charge in [-0.15, -0.1) is 5.10 Å². The van der Waals surface area contributed by atoms with Crippen molar-refractivity contribution in [3.63, 3.8) is 0 Å². The van der Waals surface area contributed by atoms with Gasteiger partial charge >= 0.3 is 5.97 Å². The third-order valence-corrected chi connectivity index (χ3v) is 5.17. The lowest BCUT2D eigenvalue weighted by Gasteiger charge is -2.39. The molecule has 1 amide bonds. The lowest BCUT2D eigenvalue weighted by molar-refractivity contribution is -0.991. The number of carbonyl (C=O) groups excluding carboxylic acids is 2. The van der Waals surface area contributed by atoms with E-state index in [0.717, 1.165) is 0 Å². The van der Waals surface area contributed by atoms with Gasteiger partial charge in [0.15, 0.2) is 5.69 Å². The van der Waals surface area contributed by atoms with Crippen LogP contribution < -0.4 is 15.1 Å². The number of nitrogens with one attached hydrogen (secondary N) is 1. The zero-order chi connectivity index (χ0) is 22.3. The summed E-state index contributed by atoms with van der Waals surface area (Å²) in [5.41, 5.74) is 1.82. The van der Waals surface area contributed by atoms with Gasteiger partial charge in [0.2, 0.25) is 6.29 Å². The van der Waals surface area contributed by atoms with Crippen LogP contribution in [0, 0.1) is 5.21 Å². The van der Waals surface area contributed by atoms with E-state index in [9.17, 15) is 20.0 Å². The lowest BCUT2D eigenvalue weighted by atomic mass is 10.1. The maximum absolute atomic E-state index is 13.2. The third kappa shape index (κ3) is 3.34. The first-order chi connectivity index (χ1) is 14.8. The molecule has 2 aromatic carbocycles. The number of nitrogens with zero attached hydrogens (tertiary/aromatic N) is 5. The number of amidine groups is 1. The van der Waals surface area contributed by atoms with Crippen LogP contribution in [0.3, 0.4) is 0 Å². The molecule has 2 heterocycles. The topological polar surface area (TPSA) is 116 Å². The Morgan fingerprint density at radius 3 is 2.52 bits per heavy atom. The predicted octanol–water partition coefficient (Wildman–Crippen LogP) is 0.509. The first kappa shape index (κ1) is 20.6. The number of hydrazine groups is 1. The first-order valence-corrected chi connectivity index (χ1v) is 9.62. The average Bonchev–Trinajstić information content (AvgIpc) is 3.15. The van der Waals surface area contributed by atoms with Gasteiger partial charge in [-0.3, -0.25) is 4.79 Å². The zero-order valence-corrected chi connectivity index (χ0v) is 17.2. The summed E-state index contributed by atoms with van der Waals surface area (Å²) in [6.07, 6.45) is -0.701. The second-order valence-electron chi connectivity index (χ2n) is 6.99. The van der Waals surface area contributed by atoms with E-state index >= 15 is 0 Å². The van der Waals surface area contributed by atoms with Crippen molar-refractivity contribution >= 4 is 34.8 Å². The fourth-order valence-electron chi connectivity index (χ4n) is 3.67. The van der Waals surface area contributed by atoms with Crippen LogP contribution in [0.25, 0.3) is 0 Å². The molecule has 2 N–H and O–H groups in total. The van der Waals surface area contributed by atoms with Gasteiger partial charge in [0, 0.05) is 26.2 Å².